The molecule has 0 aromatic heterocycles. The molecule has 0 spiro atoms. The van der Waals surface area contributed by atoms with E-state index in [1.54, 1.807) is 13.0 Å². The SMILES string of the molecule is C/C(=C\c1ccc(I)cc1)C(=O)O. The Balaban J connectivity index is 2.92. The number of aliphatic carboxylic acids is 1. The van der Waals surface area contributed by atoms with E-state index in [0.717, 1.165) is 9.13 Å². The van der Waals surface area contributed by atoms with Crippen molar-refractivity contribution >= 4 is 34.6 Å². The van der Waals surface area contributed by atoms with Crippen LogP contribution in [0.1, 0.15) is 12.5 Å². The van der Waals surface area contributed by atoms with Gasteiger partial charge < -0.3 is 5.11 Å². The first kappa shape index (κ1) is 10.2. The summed E-state index contributed by atoms with van der Waals surface area (Å²) in [5, 5.41) is 8.63. The summed E-state index contributed by atoms with van der Waals surface area (Å²) in [6.45, 7) is 1.58. The first-order chi connectivity index (χ1) is 6.09. The van der Waals surface area contributed by atoms with Crippen LogP contribution in [0.15, 0.2) is 29.8 Å². The highest BCUT2D eigenvalue weighted by Gasteiger charge is 1.98. The molecule has 0 radical (unpaired) electrons. The van der Waals surface area contributed by atoms with E-state index < -0.39 is 5.97 Å². The predicted molar refractivity (Wildman–Crippen MR) is 60.4 cm³/mol. The smallest absolute Gasteiger partial charge is 0.331 e. The monoisotopic (exact) mass is 288 g/mol. The normalized spacial score (nSPS) is 11.4. The molecule has 0 aliphatic rings. The van der Waals surface area contributed by atoms with Crippen molar-refractivity contribution in [2.75, 3.05) is 0 Å². The standard InChI is InChI=1S/C10H9IO2/c1-7(10(12)13)6-8-2-4-9(11)5-3-8/h2-6H,1H3,(H,12,13)/b7-6+. The Labute approximate surface area is 90.4 Å². The van der Waals surface area contributed by atoms with Crippen LogP contribution in [-0.2, 0) is 4.79 Å². The zero-order valence-electron chi connectivity index (χ0n) is 7.12. The summed E-state index contributed by atoms with van der Waals surface area (Å²) in [4.78, 5) is 10.5. The van der Waals surface area contributed by atoms with Crippen LogP contribution in [0.2, 0.25) is 0 Å². The summed E-state index contributed by atoms with van der Waals surface area (Å²) in [6.07, 6.45) is 1.65. The summed E-state index contributed by atoms with van der Waals surface area (Å²) < 4.78 is 1.14. The summed E-state index contributed by atoms with van der Waals surface area (Å²) in [5.74, 6) is -0.876. The van der Waals surface area contributed by atoms with E-state index in [1.807, 2.05) is 24.3 Å². The second-order valence-electron chi connectivity index (χ2n) is 2.68. The number of carboxylic acid groups (broad SMARTS) is 1. The highest BCUT2D eigenvalue weighted by atomic mass is 127. The van der Waals surface area contributed by atoms with Crippen molar-refractivity contribution in [2.24, 2.45) is 0 Å². The number of hydrogen-bond donors (Lipinski definition) is 1. The molecule has 1 aromatic rings. The van der Waals surface area contributed by atoms with Gasteiger partial charge in [0.15, 0.2) is 0 Å². The fourth-order valence-corrected chi connectivity index (χ4v) is 1.23. The van der Waals surface area contributed by atoms with Crippen molar-refractivity contribution in [3.05, 3.63) is 39.0 Å². The highest BCUT2D eigenvalue weighted by Crippen LogP contribution is 2.10. The Morgan fingerprint density at radius 2 is 1.92 bits per heavy atom. The molecule has 68 valence electrons. The number of rotatable bonds is 2. The summed E-state index contributed by atoms with van der Waals surface area (Å²) in [5.41, 5.74) is 1.27. The van der Waals surface area contributed by atoms with Crippen LogP contribution < -0.4 is 0 Å². The minimum absolute atomic E-state index is 0.348. The van der Waals surface area contributed by atoms with Crippen LogP contribution >= 0.6 is 22.6 Å². The van der Waals surface area contributed by atoms with Crippen LogP contribution in [0, 0.1) is 3.57 Å². The largest absolute Gasteiger partial charge is 0.478 e. The van der Waals surface area contributed by atoms with E-state index in [9.17, 15) is 4.79 Å². The van der Waals surface area contributed by atoms with Gasteiger partial charge in [-0.1, -0.05) is 12.1 Å². The Hall–Kier alpha value is -0.840. The third-order valence-electron chi connectivity index (χ3n) is 1.59. The maximum absolute atomic E-state index is 10.5. The molecule has 3 heteroatoms. The lowest BCUT2D eigenvalue weighted by molar-refractivity contribution is -0.132. The lowest BCUT2D eigenvalue weighted by Crippen LogP contribution is -1.95. The zero-order chi connectivity index (χ0) is 9.84. The number of halogens is 1. The van der Waals surface area contributed by atoms with Crippen molar-refractivity contribution in [1.29, 1.82) is 0 Å². The van der Waals surface area contributed by atoms with E-state index in [4.69, 9.17) is 5.11 Å². The van der Waals surface area contributed by atoms with E-state index >= 15 is 0 Å². The summed E-state index contributed by atoms with van der Waals surface area (Å²) >= 11 is 2.21. The maximum Gasteiger partial charge on any atom is 0.331 e. The third kappa shape index (κ3) is 3.18. The van der Waals surface area contributed by atoms with Gasteiger partial charge in [0, 0.05) is 9.14 Å². The van der Waals surface area contributed by atoms with Crippen LogP contribution in [0.4, 0.5) is 0 Å². The van der Waals surface area contributed by atoms with Gasteiger partial charge in [0.05, 0.1) is 0 Å². The van der Waals surface area contributed by atoms with E-state index in [2.05, 4.69) is 22.6 Å². The molecule has 1 aromatic carbocycles. The molecule has 0 aliphatic carbocycles. The highest BCUT2D eigenvalue weighted by molar-refractivity contribution is 14.1. The van der Waals surface area contributed by atoms with Crippen molar-refractivity contribution in [2.45, 2.75) is 6.92 Å². The van der Waals surface area contributed by atoms with Gasteiger partial charge in [0.25, 0.3) is 0 Å². The molecule has 2 nitrogen and oxygen atoms in total. The number of hydrogen-bond acceptors (Lipinski definition) is 1. The second kappa shape index (κ2) is 4.41. The van der Waals surface area contributed by atoms with Crippen LogP contribution in [0.3, 0.4) is 0 Å². The van der Waals surface area contributed by atoms with Crippen LogP contribution in [0.5, 0.6) is 0 Å². The van der Waals surface area contributed by atoms with Crippen molar-refractivity contribution in [1.82, 2.24) is 0 Å². The fraction of sp³-hybridized carbons (Fsp3) is 0.100. The van der Waals surface area contributed by atoms with Gasteiger partial charge in [0.2, 0.25) is 0 Å². The first-order valence-corrected chi connectivity index (χ1v) is 4.84. The Morgan fingerprint density at radius 3 is 2.38 bits per heavy atom. The van der Waals surface area contributed by atoms with Crippen molar-refractivity contribution in [3.8, 4) is 0 Å². The fourth-order valence-electron chi connectivity index (χ4n) is 0.871. The molecule has 0 saturated heterocycles. The molecule has 13 heavy (non-hydrogen) atoms. The van der Waals surface area contributed by atoms with Crippen LogP contribution in [0.25, 0.3) is 6.08 Å². The molecule has 0 aliphatic heterocycles. The Kier molecular flexibility index (Phi) is 3.48. The lowest BCUT2D eigenvalue weighted by atomic mass is 10.1. The van der Waals surface area contributed by atoms with Gasteiger partial charge in [-0.25, -0.2) is 4.79 Å². The minimum Gasteiger partial charge on any atom is -0.478 e. The van der Waals surface area contributed by atoms with E-state index in [0.29, 0.717) is 5.57 Å². The molecule has 1 rings (SSSR count). The average Bonchev–Trinajstić information content (AvgIpc) is 2.08. The lowest BCUT2D eigenvalue weighted by Gasteiger charge is -1.95. The quantitative estimate of drug-likeness (QED) is 0.671. The molecule has 0 amide bonds. The Bertz CT molecular complexity index is 338. The van der Waals surface area contributed by atoms with Crippen LogP contribution in [-0.4, -0.2) is 11.1 Å². The molecular weight excluding hydrogens is 279 g/mol. The third-order valence-corrected chi connectivity index (χ3v) is 2.31. The van der Waals surface area contributed by atoms with Gasteiger partial charge in [-0.2, -0.15) is 0 Å². The maximum atomic E-state index is 10.5. The molecule has 0 bridgehead atoms. The topological polar surface area (TPSA) is 37.3 Å². The van der Waals surface area contributed by atoms with Gasteiger partial charge in [-0.05, 0) is 53.3 Å². The second-order valence-corrected chi connectivity index (χ2v) is 3.93. The Morgan fingerprint density at radius 1 is 1.38 bits per heavy atom. The van der Waals surface area contributed by atoms with E-state index in [-0.39, 0.29) is 0 Å². The van der Waals surface area contributed by atoms with Gasteiger partial charge in [0.1, 0.15) is 0 Å². The van der Waals surface area contributed by atoms with Crippen molar-refractivity contribution < 1.29 is 9.90 Å². The molecule has 0 fully saturated rings. The molecule has 0 saturated carbocycles. The molecular formula is C10H9IO2. The number of carboxylic acids is 1. The predicted octanol–water partition coefficient (Wildman–Crippen LogP) is 2.78. The number of benzene rings is 1. The zero-order valence-corrected chi connectivity index (χ0v) is 9.28. The molecule has 0 atom stereocenters. The van der Waals surface area contributed by atoms with Gasteiger partial charge in [-0.3, -0.25) is 0 Å². The summed E-state index contributed by atoms with van der Waals surface area (Å²) in [6, 6.07) is 7.69. The molecule has 0 heterocycles. The molecule has 1 N–H and O–H groups in total. The van der Waals surface area contributed by atoms with Gasteiger partial charge >= 0.3 is 5.97 Å². The van der Waals surface area contributed by atoms with E-state index in [1.165, 1.54) is 0 Å². The average molecular weight is 288 g/mol. The first-order valence-electron chi connectivity index (χ1n) is 3.77. The number of carbonyl (C=O) groups is 1. The summed E-state index contributed by atoms with van der Waals surface area (Å²) in [7, 11) is 0. The molecule has 0 unspecified atom stereocenters. The minimum atomic E-state index is -0.876. The van der Waals surface area contributed by atoms with Gasteiger partial charge in [-0.15, -0.1) is 0 Å². The van der Waals surface area contributed by atoms with Crippen molar-refractivity contribution in [3.63, 3.8) is 0 Å².